The number of nitrogens with zero attached hydrogens (tertiary/aromatic N) is 2. The van der Waals surface area contributed by atoms with Gasteiger partial charge < -0.3 is 29.6 Å². The standard InChI is InChI=1S/2C5H11NO2.Pd/c2*1-6(2)4-3-5(7)8;/h2*3-4H2,1-2H3,(H,7,8);/q;;+2/p-2. The van der Waals surface area contributed by atoms with Gasteiger partial charge in [-0.15, -0.1) is 0 Å². The van der Waals surface area contributed by atoms with Crippen LogP contribution in [-0.4, -0.2) is 63.0 Å². The molecule has 0 saturated heterocycles. The SMILES string of the molecule is CN(C)CCC(=O)[O-].CN(C)CCC(=O)[O-].[Pd+2]. The maximum atomic E-state index is 9.77. The largest absolute Gasteiger partial charge is 2.00 e. The van der Waals surface area contributed by atoms with E-state index in [9.17, 15) is 19.8 Å². The van der Waals surface area contributed by atoms with E-state index < -0.39 is 11.9 Å². The summed E-state index contributed by atoms with van der Waals surface area (Å²) in [6.07, 6.45) is 0.236. The second kappa shape index (κ2) is 13.6. The van der Waals surface area contributed by atoms with Gasteiger partial charge in [0.05, 0.1) is 0 Å². The fourth-order valence-electron chi connectivity index (χ4n) is 0.630. The predicted molar refractivity (Wildman–Crippen MR) is 56.4 cm³/mol. The fourth-order valence-corrected chi connectivity index (χ4v) is 0.630. The van der Waals surface area contributed by atoms with Gasteiger partial charge in [0.15, 0.2) is 0 Å². The number of rotatable bonds is 6. The Morgan fingerprint density at radius 3 is 1.12 bits per heavy atom. The van der Waals surface area contributed by atoms with Gasteiger partial charge in [-0.25, -0.2) is 0 Å². The molecule has 0 spiro atoms. The first kappa shape index (κ1) is 21.8. The third kappa shape index (κ3) is 31.3. The summed E-state index contributed by atoms with van der Waals surface area (Å²) in [6, 6.07) is 0. The second-order valence-electron chi connectivity index (χ2n) is 3.85. The van der Waals surface area contributed by atoms with Crippen molar-refractivity contribution in [1.82, 2.24) is 9.80 Å². The third-order valence-corrected chi connectivity index (χ3v) is 1.53. The first-order valence-electron chi connectivity index (χ1n) is 4.94. The molecule has 0 radical (unpaired) electrons. The molecule has 0 aliphatic heterocycles. The van der Waals surface area contributed by atoms with Gasteiger partial charge in [0.2, 0.25) is 0 Å². The van der Waals surface area contributed by atoms with Crippen LogP contribution in [0.25, 0.3) is 0 Å². The summed E-state index contributed by atoms with van der Waals surface area (Å²) in [7, 11) is 7.29. The minimum Gasteiger partial charge on any atom is -0.550 e. The molecule has 0 aromatic heterocycles. The van der Waals surface area contributed by atoms with Crippen molar-refractivity contribution in [2.45, 2.75) is 12.8 Å². The van der Waals surface area contributed by atoms with Crippen LogP contribution < -0.4 is 10.2 Å². The molecule has 0 N–H and O–H groups in total. The van der Waals surface area contributed by atoms with Crippen molar-refractivity contribution in [2.75, 3.05) is 41.3 Å². The van der Waals surface area contributed by atoms with Gasteiger partial charge >= 0.3 is 20.4 Å². The summed E-state index contributed by atoms with van der Waals surface area (Å²) in [5.74, 6) is -1.97. The molecule has 0 atom stereocenters. The molecule has 0 amide bonds. The Labute approximate surface area is 116 Å². The Bertz CT molecular complexity index is 188. The average Bonchev–Trinajstić information content (AvgIpc) is 2.12. The van der Waals surface area contributed by atoms with Gasteiger partial charge in [-0.05, 0) is 41.0 Å². The number of carbonyl (C=O) groups is 2. The molecular weight excluding hydrogens is 319 g/mol. The van der Waals surface area contributed by atoms with Gasteiger partial charge in [-0.2, -0.15) is 0 Å². The van der Waals surface area contributed by atoms with E-state index in [4.69, 9.17) is 0 Å². The molecule has 0 bridgehead atoms. The summed E-state index contributed by atoms with van der Waals surface area (Å²) in [6.45, 7) is 1.12. The smallest absolute Gasteiger partial charge is 0.550 e. The molecule has 0 aliphatic carbocycles. The number of aliphatic carboxylic acids is 2. The van der Waals surface area contributed by atoms with Crippen LogP contribution in [0.2, 0.25) is 0 Å². The number of hydrogen-bond donors (Lipinski definition) is 0. The Balaban J connectivity index is -0.000000218. The Hall–Kier alpha value is -0.478. The van der Waals surface area contributed by atoms with Crippen LogP contribution in [0.1, 0.15) is 12.8 Å². The molecule has 0 heterocycles. The number of carbonyl (C=O) groups excluding carboxylic acids is 2. The summed E-state index contributed by atoms with van der Waals surface area (Å²) >= 11 is 0. The predicted octanol–water partition coefficient (Wildman–Crippen LogP) is -2.63. The Morgan fingerprint density at radius 1 is 0.824 bits per heavy atom. The molecule has 17 heavy (non-hydrogen) atoms. The number of carboxylic acids is 2. The van der Waals surface area contributed by atoms with E-state index in [1.807, 2.05) is 28.2 Å². The zero-order valence-electron chi connectivity index (χ0n) is 10.7. The van der Waals surface area contributed by atoms with Gasteiger partial charge in [0.1, 0.15) is 0 Å². The summed E-state index contributed by atoms with van der Waals surface area (Å²) < 4.78 is 0. The van der Waals surface area contributed by atoms with E-state index in [0.29, 0.717) is 13.1 Å². The van der Waals surface area contributed by atoms with E-state index in [-0.39, 0.29) is 33.3 Å². The second-order valence-corrected chi connectivity index (χ2v) is 3.85. The average molecular weight is 339 g/mol. The first-order valence-corrected chi connectivity index (χ1v) is 4.94. The van der Waals surface area contributed by atoms with Crippen LogP contribution >= 0.6 is 0 Å². The first-order chi connectivity index (χ1) is 7.25. The van der Waals surface area contributed by atoms with Crippen molar-refractivity contribution in [3.8, 4) is 0 Å². The van der Waals surface area contributed by atoms with Crippen LogP contribution in [0.5, 0.6) is 0 Å². The molecule has 7 heteroatoms. The molecule has 0 aliphatic rings. The van der Waals surface area contributed by atoms with Gasteiger partial charge in [-0.3, -0.25) is 0 Å². The number of carboxylic acid groups (broad SMARTS) is 2. The van der Waals surface area contributed by atoms with E-state index in [1.54, 1.807) is 9.80 Å². The molecule has 0 aromatic rings. The third-order valence-electron chi connectivity index (χ3n) is 1.53. The normalized spacial score (nSPS) is 9.29. The molecule has 0 aromatic carbocycles. The Morgan fingerprint density at radius 2 is 1.06 bits per heavy atom. The zero-order chi connectivity index (χ0) is 13.1. The molecule has 0 unspecified atom stereocenters. The van der Waals surface area contributed by atoms with Crippen LogP contribution in [0.3, 0.4) is 0 Å². The van der Waals surface area contributed by atoms with Gasteiger partial charge in [0, 0.05) is 25.0 Å². The molecule has 0 saturated carbocycles. The summed E-state index contributed by atoms with van der Waals surface area (Å²) in [4.78, 5) is 23.1. The molecule has 0 rings (SSSR count). The topological polar surface area (TPSA) is 86.7 Å². The van der Waals surface area contributed by atoms with Crippen molar-refractivity contribution in [3.05, 3.63) is 0 Å². The van der Waals surface area contributed by atoms with Crippen molar-refractivity contribution in [2.24, 2.45) is 0 Å². The monoisotopic (exact) mass is 338 g/mol. The van der Waals surface area contributed by atoms with E-state index in [1.165, 1.54) is 0 Å². The molecule has 104 valence electrons. The minimum atomic E-state index is -0.987. The van der Waals surface area contributed by atoms with Crippen molar-refractivity contribution in [1.29, 1.82) is 0 Å². The van der Waals surface area contributed by atoms with Gasteiger partial charge in [0.25, 0.3) is 0 Å². The molecule has 6 nitrogen and oxygen atoms in total. The summed E-state index contributed by atoms with van der Waals surface area (Å²) in [5, 5.41) is 19.5. The van der Waals surface area contributed by atoms with Gasteiger partial charge in [-0.1, -0.05) is 0 Å². The van der Waals surface area contributed by atoms with E-state index >= 15 is 0 Å². The van der Waals surface area contributed by atoms with Crippen LogP contribution in [0.15, 0.2) is 0 Å². The quantitative estimate of drug-likeness (QED) is 0.493. The van der Waals surface area contributed by atoms with Crippen LogP contribution in [0, 0.1) is 0 Å². The summed E-state index contributed by atoms with van der Waals surface area (Å²) in [5.41, 5.74) is 0. The molecule has 0 fully saturated rings. The van der Waals surface area contributed by atoms with Crippen molar-refractivity contribution in [3.63, 3.8) is 0 Å². The maximum Gasteiger partial charge on any atom is 2.00 e. The molecular formula is C10H20N2O4Pd. The van der Waals surface area contributed by atoms with Crippen LogP contribution in [0.4, 0.5) is 0 Å². The number of hydrogen-bond acceptors (Lipinski definition) is 6. The van der Waals surface area contributed by atoms with Crippen molar-refractivity contribution >= 4 is 11.9 Å². The van der Waals surface area contributed by atoms with Crippen LogP contribution in [-0.2, 0) is 30.0 Å². The van der Waals surface area contributed by atoms with E-state index in [0.717, 1.165) is 0 Å². The Kier molecular flexibility index (Phi) is 17.4. The minimum absolute atomic E-state index is 0. The zero-order valence-corrected chi connectivity index (χ0v) is 12.2. The van der Waals surface area contributed by atoms with Crippen molar-refractivity contribution < 1.29 is 40.2 Å². The van der Waals surface area contributed by atoms with E-state index in [2.05, 4.69) is 0 Å². The maximum absolute atomic E-state index is 9.77. The fraction of sp³-hybridized carbons (Fsp3) is 0.800.